The fourth-order valence-corrected chi connectivity index (χ4v) is 3.59. The quantitative estimate of drug-likeness (QED) is 0.802. The number of aliphatic imine (C=N–C) groups is 1. The molecule has 0 saturated heterocycles. The van der Waals surface area contributed by atoms with Crippen LogP contribution in [0, 0.1) is 0 Å². The maximum Gasteiger partial charge on any atom is 0.161 e. The van der Waals surface area contributed by atoms with E-state index in [1.807, 2.05) is 0 Å². The molecule has 2 nitrogen and oxygen atoms in total. The van der Waals surface area contributed by atoms with Crippen molar-refractivity contribution in [3.05, 3.63) is 40.9 Å². The van der Waals surface area contributed by atoms with Crippen LogP contribution < -0.4 is 5.32 Å². The zero-order chi connectivity index (χ0) is 13.2. The summed E-state index contributed by atoms with van der Waals surface area (Å²) in [6.07, 6.45) is 1.17. The van der Waals surface area contributed by atoms with Gasteiger partial charge in [-0.2, -0.15) is 0 Å². The van der Waals surface area contributed by atoms with Gasteiger partial charge in [0.1, 0.15) is 0 Å². The molecule has 4 heteroatoms. The summed E-state index contributed by atoms with van der Waals surface area (Å²) in [6.45, 7) is 2.17. The van der Waals surface area contributed by atoms with Crippen LogP contribution in [-0.2, 0) is 0 Å². The van der Waals surface area contributed by atoms with Crippen LogP contribution in [0.2, 0.25) is 0 Å². The standard InChI is InChI=1S/C15H15BrN2S/c1-10-6-7-19-15(17-10)18-14-5-3-11-8-13(16)4-2-12(11)9-14/h2-5,8-10H,6-7H2,1H3,(H,17,18). The fourth-order valence-electron chi connectivity index (χ4n) is 2.11. The van der Waals surface area contributed by atoms with E-state index in [0.717, 1.165) is 21.1 Å². The zero-order valence-electron chi connectivity index (χ0n) is 10.7. The molecule has 98 valence electrons. The Hall–Kier alpha value is -1.00. The van der Waals surface area contributed by atoms with Crippen molar-refractivity contribution in [2.75, 3.05) is 11.1 Å². The molecular weight excluding hydrogens is 320 g/mol. The number of benzene rings is 2. The van der Waals surface area contributed by atoms with E-state index in [1.165, 1.54) is 17.2 Å². The number of nitrogens with one attached hydrogen (secondary N) is 1. The van der Waals surface area contributed by atoms with Gasteiger partial charge in [-0.05, 0) is 48.4 Å². The molecule has 1 unspecified atom stereocenters. The van der Waals surface area contributed by atoms with Crippen molar-refractivity contribution in [1.82, 2.24) is 0 Å². The van der Waals surface area contributed by atoms with E-state index in [9.17, 15) is 0 Å². The van der Waals surface area contributed by atoms with Crippen LogP contribution in [0.1, 0.15) is 13.3 Å². The van der Waals surface area contributed by atoms with Gasteiger partial charge in [-0.3, -0.25) is 4.99 Å². The number of rotatable bonds is 1. The van der Waals surface area contributed by atoms with Gasteiger partial charge in [0.15, 0.2) is 5.17 Å². The monoisotopic (exact) mass is 334 g/mol. The number of anilines is 1. The molecule has 0 saturated carbocycles. The molecule has 0 aromatic heterocycles. The lowest BCUT2D eigenvalue weighted by atomic mass is 10.1. The van der Waals surface area contributed by atoms with E-state index >= 15 is 0 Å². The third kappa shape index (κ3) is 3.12. The van der Waals surface area contributed by atoms with Crippen LogP contribution in [0.3, 0.4) is 0 Å². The van der Waals surface area contributed by atoms with Gasteiger partial charge in [0, 0.05) is 15.9 Å². The summed E-state index contributed by atoms with van der Waals surface area (Å²) in [5, 5.41) is 6.94. The predicted octanol–water partition coefficient (Wildman–Crippen LogP) is 4.90. The molecule has 0 spiro atoms. The van der Waals surface area contributed by atoms with Crippen molar-refractivity contribution in [3.8, 4) is 0 Å². The Morgan fingerprint density at radius 3 is 2.84 bits per heavy atom. The summed E-state index contributed by atoms with van der Waals surface area (Å²) in [5.74, 6) is 1.15. The lowest BCUT2D eigenvalue weighted by Gasteiger charge is -2.17. The average molecular weight is 335 g/mol. The number of halogens is 1. The molecule has 0 fully saturated rings. The Balaban J connectivity index is 1.87. The molecule has 1 atom stereocenters. The van der Waals surface area contributed by atoms with Crippen molar-refractivity contribution < 1.29 is 0 Å². The largest absolute Gasteiger partial charge is 0.335 e. The molecular formula is C15H15BrN2S. The van der Waals surface area contributed by atoms with Crippen LogP contribution in [-0.4, -0.2) is 17.0 Å². The molecule has 1 heterocycles. The van der Waals surface area contributed by atoms with Gasteiger partial charge in [-0.15, -0.1) is 0 Å². The van der Waals surface area contributed by atoms with Crippen molar-refractivity contribution >= 4 is 49.3 Å². The summed E-state index contributed by atoms with van der Waals surface area (Å²) < 4.78 is 1.11. The molecule has 1 aliphatic rings. The van der Waals surface area contributed by atoms with E-state index in [1.54, 1.807) is 11.8 Å². The number of fused-ring (bicyclic) bond motifs is 1. The lowest BCUT2D eigenvalue weighted by Crippen LogP contribution is -2.17. The molecule has 2 aromatic carbocycles. The molecule has 1 aliphatic heterocycles. The van der Waals surface area contributed by atoms with Gasteiger partial charge < -0.3 is 5.32 Å². The van der Waals surface area contributed by atoms with Crippen molar-refractivity contribution in [3.63, 3.8) is 0 Å². The third-order valence-electron chi connectivity index (χ3n) is 3.17. The molecule has 3 rings (SSSR count). The number of amidine groups is 1. The minimum Gasteiger partial charge on any atom is -0.335 e. The van der Waals surface area contributed by atoms with Crippen molar-refractivity contribution in [2.45, 2.75) is 19.4 Å². The first-order chi connectivity index (χ1) is 9.20. The Bertz CT molecular complexity index is 639. The summed E-state index contributed by atoms with van der Waals surface area (Å²) in [5.41, 5.74) is 1.11. The molecule has 0 amide bonds. The van der Waals surface area contributed by atoms with Crippen molar-refractivity contribution in [1.29, 1.82) is 0 Å². The van der Waals surface area contributed by atoms with Crippen LogP contribution in [0.4, 0.5) is 5.69 Å². The Morgan fingerprint density at radius 2 is 2.00 bits per heavy atom. The summed E-state index contributed by atoms with van der Waals surface area (Å²) in [6, 6.07) is 13.2. The van der Waals surface area contributed by atoms with Gasteiger partial charge in [0.2, 0.25) is 0 Å². The molecule has 0 radical (unpaired) electrons. The first-order valence-electron chi connectivity index (χ1n) is 6.38. The molecule has 0 bridgehead atoms. The Labute approximate surface area is 125 Å². The first kappa shape index (κ1) is 13.0. The summed E-state index contributed by atoms with van der Waals surface area (Å²) >= 11 is 5.30. The van der Waals surface area contributed by atoms with Crippen LogP contribution in [0.15, 0.2) is 45.9 Å². The second-order valence-electron chi connectivity index (χ2n) is 4.75. The second-order valence-corrected chi connectivity index (χ2v) is 6.75. The van der Waals surface area contributed by atoms with E-state index in [4.69, 9.17) is 0 Å². The average Bonchev–Trinajstić information content (AvgIpc) is 2.39. The highest BCUT2D eigenvalue weighted by Gasteiger charge is 2.11. The minimum atomic E-state index is 0.431. The van der Waals surface area contributed by atoms with Gasteiger partial charge in [-0.25, -0.2) is 0 Å². The van der Waals surface area contributed by atoms with Crippen LogP contribution in [0.5, 0.6) is 0 Å². The van der Waals surface area contributed by atoms with Gasteiger partial charge in [0.25, 0.3) is 0 Å². The number of hydrogen-bond donors (Lipinski definition) is 1. The first-order valence-corrected chi connectivity index (χ1v) is 8.15. The maximum atomic E-state index is 4.63. The number of hydrogen-bond acceptors (Lipinski definition) is 3. The summed E-state index contributed by atoms with van der Waals surface area (Å²) in [4.78, 5) is 4.63. The fraction of sp³-hybridized carbons (Fsp3) is 0.267. The highest BCUT2D eigenvalue weighted by molar-refractivity contribution is 9.10. The van der Waals surface area contributed by atoms with Gasteiger partial charge in [-0.1, -0.05) is 39.8 Å². The SMILES string of the molecule is CC1CCSC(Nc2ccc3cc(Br)ccc3c2)=N1. The Morgan fingerprint density at radius 1 is 1.21 bits per heavy atom. The molecule has 2 aromatic rings. The topological polar surface area (TPSA) is 24.4 Å². The van der Waals surface area contributed by atoms with E-state index in [-0.39, 0.29) is 0 Å². The van der Waals surface area contributed by atoms with Crippen LogP contribution >= 0.6 is 27.7 Å². The smallest absolute Gasteiger partial charge is 0.161 e. The minimum absolute atomic E-state index is 0.431. The van der Waals surface area contributed by atoms with Crippen LogP contribution in [0.25, 0.3) is 10.8 Å². The third-order valence-corrected chi connectivity index (χ3v) is 4.58. The zero-order valence-corrected chi connectivity index (χ0v) is 13.1. The molecule has 0 aliphatic carbocycles. The number of thioether (sulfide) groups is 1. The summed E-state index contributed by atoms with van der Waals surface area (Å²) in [7, 11) is 0. The van der Waals surface area contributed by atoms with E-state index in [0.29, 0.717) is 6.04 Å². The Kier molecular flexibility index (Phi) is 3.80. The number of nitrogens with zero attached hydrogens (tertiary/aromatic N) is 1. The highest BCUT2D eigenvalue weighted by Crippen LogP contribution is 2.25. The lowest BCUT2D eigenvalue weighted by molar-refractivity contribution is 0.720. The maximum absolute atomic E-state index is 4.63. The van der Waals surface area contributed by atoms with Gasteiger partial charge >= 0.3 is 0 Å². The molecule has 1 N–H and O–H groups in total. The van der Waals surface area contributed by atoms with Crippen molar-refractivity contribution in [2.24, 2.45) is 4.99 Å². The highest BCUT2D eigenvalue weighted by atomic mass is 79.9. The van der Waals surface area contributed by atoms with Gasteiger partial charge in [0.05, 0.1) is 6.04 Å². The van der Waals surface area contributed by atoms with E-state index < -0.39 is 0 Å². The van der Waals surface area contributed by atoms with E-state index in [2.05, 4.69) is 69.6 Å². The predicted molar refractivity (Wildman–Crippen MR) is 89.2 cm³/mol. The second kappa shape index (κ2) is 5.55. The molecule has 19 heavy (non-hydrogen) atoms. The normalized spacial score (nSPS) is 19.3.